The normalized spacial score (nSPS) is 14.7. The Hall–Kier alpha value is -1.46. The first-order chi connectivity index (χ1) is 9.02. The number of benzene rings is 1. The molecular formula is C14H19N2O2Si. The Balaban J connectivity index is 1.97. The van der Waals surface area contributed by atoms with Gasteiger partial charge in [-0.2, -0.15) is 0 Å². The zero-order chi connectivity index (χ0) is 14.0. The Morgan fingerprint density at radius 3 is 2.11 bits per heavy atom. The number of hydrogen-bond acceptors (Lipinski definition) is 3. The van der Waals surface area contributed by atoms with Crippen molar-refractivity contribution in [1.82, 2.24) is 9.47 Å². The van der Waals surface area contributed by atoms with Gasteiger partial charge in [0.05, 0.1) is 11.1 Å². The summed E-state index contributed by atoms with van der Waals surface area (Å²) < 4.78 is 2.31. The molecule has 0 atom stereocenters. The number of carbonyl (C=O) groups excluding carboxylic acids is 2. The van der Waals surface area contributed by atoms with E-state index in [0.717, 1.165) is 13.0 Å². The maximum atomic E-state index is 12.1. The molecule has 1 heterocycles. The molecule has 0 saturated carbocycles. The summed E-state index contributed by atoms with van der Waals surface area (Å²) in [6.45, 7) is 5.89. The summed E-state index contributed by atoms with van der Waals surface area (Å²) in [5, 5.41) is 0. The van der Waals surface area contributed by atoms with Crippen molar-refractivity contribution in [3.05, 3.63) is 35.4 Å². The lowest BCUT2D eigenvalue weighted by molar-refractivity contribution is 0.0651. The summed E-state index contributed by atoms with van der Waals surface area (Å²) in [7, 11) is 1.65. The van der Waals surface area contributed by atoms with Crippen LogP contribution in [0.2, 0.25) is 13.1 Å². The summed E-state index contributed by atoms with van der Waals surface area (Å²) in [6.07, 6.45) is 0.831. The molecule has 0 saturated heterocycles. The molecule has 2 rings (SSSR count). The minimum absolute atomic E-state index is 0.151. The van der Waals surface area contributed by atoms with Crippen LogP contribution >= 0.6 is 0 Å². The molecule has 0 bridgehead atoms. The largest absolute Gasteiger partial charge is 0.327 e. The minimum atomic E-state index is -0.443. The van der Waals surface area contributed by atoms with Crippen LogP contribution in [0.1, 0.15) is 27.1 Å². The zero-order valence-corrected chi connectivity index (χ0v) is 12.6. The predicted molar refractivity (Wildman–Crippen MR) is 76.5 cm³/mol. The number of imide groups is 1. The third kappa shape index (κ3) is 2.77. The first-order valence-electron chi connectivity index (χ1n) is 6.49. The molecule has 1 aliphatic heterocycles. The number of carbonyl (C=O) groups is 2. The Labute approximate surface area is 115 Å². The van der Waals surface area contributed by atoms with Crippen LogP contribution < -0.4 is 0 Å². The third-order valence-corrected chi connectivity index (χ3v) is 5.27. The molecule has 0 fully saturated rings. The van der Waals surface area contributed by atoms with Crippen LogP contribution in [0, 0.1) is 0 Å². The van der Waals surface area contributed by atoms with E-state index in [1.54, 1.807) is 24.3 Å². The molecule has 2 amide bonds. The smallest absolute Gasteiger partial charge is 0.261 e. The van der Waals surface area contributed by atoms with Crippen molar-refractivity contribution in [2.45, 2.75) is 19.5 Å². The molecule has 1 aromatic rings. The van der Waals surface area contributed by atoms with Crippen LogP contribution in [0.4, 0.5) is 0 Å². The summed E-state index contributed by atoms with van der Waals surface area (Å²) in [6, 6.07) is 7.04. The molecule has 1 radical (unpaired) electrons. The molecule has 0 unspecified atom stereocenters. The molecule has 5 heteroatoms. The molecule has 1 aromatic carbocycles. The summed E-state index contributed by atoms with van der Waals surface area (Å²) in [5.74, 6) is -0.302. The second-order valence-electron chi connectivity index (χ2n) is 5.03. The summed E-state index contributed by atoms with van der Waals surface area (Å²) in [5.41, 5.74) is 1.08. The highest BCUT2D eigenvalue weighted by Crippen LogP contribution is 2.22. The van der Waals surface area contributed by atoms with Gasteiger partial charge in [0.1, 0.15) is 8.96 Å². The molecule has 4 nitrogen and oxygen atoms in total. The van der Waals surface area contributed by atoms with Gasteiger partial charge < -0.3 is 4.57 Å². The van der Waals surface area contributed by atoms with Gasteiger partial charge in [-0.05, 0) is 32.1 Å². The quantitative estimate of drug-likeness (QED) is 0.608. The van der Waals surface area contributed by atoms with Crippen LogP contribution in [0.5, 0.6) is 0 Å². The average molecular weight is 275 g/mol. The second kappa shape index (κ2) is 5.67. The summed E-state index contributed by atoms with van der Waals surface area (Å²) >= 11 is 0. The molecule has 0 N–H and O–H groups in total. The number of amides is 2. The lowest BCUT2D eigenvalue weighted by atomic mass is 10.1. The van der Waals surface area contributed by atoms with Gasteiger partial charge in [0.2, 0.25) is 0 Å². The van der Waals surface area contributed by atoms with Crippen LogP contribution in [0.3, 0.4) is 0 Å². The third-order valence-electron chi connectivity index (χ3n) is 3.52. The lowest BCUT2D eigenvalue weighted by Crippen LogP contribution is -2.35. The number of fused-ring (bicyclic) bond motifs is 1. The van der Waals surface area contributed by atoms with E-state index in [4.69, 9.17) is 0 Å². The van der Waals surface area contributed by atoms with E-state index >= 15 is 0 Å². The van der Waals surface area contributed by atoms with Crippen LogP contribution in [0.25, 0.3) is 0 Å². The molecule has 101 valence electrons. The SMILES string of the molecule is CN(CCCN1C(=O)c2ccccc2C1=O)[Si](C)C. The van der Waals surface area contributed by atoms with E-state index in [0.29, 0.717) is 17.7 Å². The molecule has 1 aliphatic rings. The highest BCUT2D eigenvalue weighted by Gasteiger charge is 2.34. The molecule has 19 heavy (non-hydrogen) atoms. The maximum Gasteiger partial charge on any atom is 0.261 e. The van der Waals surface area contributed by atoms with Gasteiger partial charge in [0, 0.05) is 6.54 Å². The van der Waals surface area contributed by atoms with Crippen LogP contribution in [0.15, 0.2) is 24.3 Å². The van der Waals surface area contributed by atoms with E-state index in [1.165, 1.54) is 4.90 Å². The average Bonchev–Trinajstić information content (AvgIpc) is 2.64. The monoisotopic (exact) mass is 275 g/mol. The standard InChI is InChI=1S/C14H19N2O2Si/c1-15(19(2)3)9-6-10-16-13(17)11-7-4-5-8-12(11)14(16)18/h4-5,7-8H,6,9-10H2,1-3H3. The first-order valence-corrected chi connectivity index (χ1v) is 8.93. The van der Waals surface area contributed by atoms with Crippen molar-refractivity contribution in [3.8, 4) is 0 Å². The first kappa shape index (κ1) is 14.0. The lowest BCUT2D eigenvalue weighted by Gasteiger charge is -2.21. The van der Waals surface area contributed by atoms with Gasteiger partial charge in [0.15, 0.2) is 0 Å². The van der Waals surface area contributed by atoms with Gasteiger partial charge in [-0.25, -0.2) is 0 Å². The molecule has 0 spiro atoms. The number of hydrogen-bond donors (Lipinski definition) is 0. The summed E-state index contributed by atoms with van der Waals surface area (Å²) in [4.78, 5) is 25.6. The highest BCUT2D eigenvalue weighted by atomic mass is 28.3. The second-order valence-corrected chi connectivity index (χ2v) is 7.69. The van der Waals surface area contributed by atoms with Crippen molar-refractivity contribution in [2.75, 3.05) is 20.1 Å². The van der Waals surface area contributed by atoms with E-state index in [2.05, 4.69) is 24.7 Å². The maximum absolute atomic E-state index is 12.1. The topological polar surface area (TPSA) is 40.6 Å². The Kier molecular flexibility index (Phi) is 4.16. The van der Waals surface area contributed by atoms with E-state index < -0.39 is 8.96 Å². The highest BCUT2D eigenvalue weighted by molar-refractivity contribution is 6.52. The van der Waals surface area contributed by atoms with E-state index in [9.17, 15) is 9.59 Å². The van der Waals surface area contributed by atoms with Crippen LogP contribution in [-0.4, -0.2) is 50.4 Å². The van der Waals surface area contributed by atoms with Crippen LogP contribution in [-0.2, 0) is 0 Å². The molecular weight excluding hydrogens is 256 g/mol. The van der Waals surface area contributed by atoms with Gasteiger partial charge in [0.25, 0.3) is 11.8 Å². The van der Waals surface area contributed by atoms with Gasteiger partial charge >= 0.3 is 0 Å². The van der Waals surface area contributed by atoms with Crippen molar-refractivity contribution in [3.63, 3.8) is 0 Å². The Morgan fingerprint density at radius 2 is 1.63 bits per heavy atom. The van der Waals surface area contributed by atoms with Gasteiger partial charge in [-0.3, -0.25) is 14.5 Å². The van der Waals surface area contributed by atoms with Crippen molar-refractivity contribution < 1.29 is 9.59 Å². The minimum Gasteiger partial charge on any atom is -0.327 e. The number of nitrogens with zero attached hydrogens (tertiary/aromatic N) is 2. The van der Waals surface area contributed by atoms with Crippen molar-refractivity contribution in [2.24, 2.45) is 0 Å². The fourth-order valence-corrected chi connectivity index (χ4v) is 2.74. The predicted octanol–water partition coefficient (Wildman–Crippen LogP) is 1.86. The number of rotatable bonds is 5. The van der Waals surface area contributed by atoms with E-state index in [-0.39, 0.29) is 11.8 Å². The molecule has 0 aliphatic carbocycles. The fourth-order valence-electron chi connectivity index (χ4n) is 2.13. The zero-order valence-electron chi connectivity index (χ0n) is 11.6. The van der Waals surface area contributed by atoms with E-state index in [1.807, 2.05) is 0 Å². The van der Waals surface area contributed by atoms with Gasteiger partial charge in [-0.15, -0.1) is 0 Å². The molecule has 0 aromatic heterocycles. The Morgan fingerprint density at radius 1 is 1.11 bits per heavy atom. The van der Waals surface area contributed by atoms with Crippen molar-refractivity contribution >= 4 is 20.8 Å². The fraction of sp³-hybridized carbons (Fsp3) is 0.429. The van der Waals surface area contributed by atoms with Gasteiger partial charge in [-0.1, -0.05) is 25.2 Å². The van der Waals surface area contributed by atoms with Crippen molar-refractivity contribution in [1.29, 1.82) is 0 Å². The Bertz CT molecular complexity index is 467.